The first kappa shape index (κ1) is 23.8. The molecule has 1 heterocycles. The number of nitrogens with one attached hydrogen (secondary N) is 1. The number of carbonyl (C=O) groups is 2. The summed E-state index contributed by atoms with van der Waals surface area (Å²) < 4.78 is 51.7. The fourth-order valence-electron chi connectivity index (χ4n) is 3.34. The van der Waals surface area contributed by atoms with Gasteiger partial charge in [0.15, 0.2) is 6.10 Å². The molecule has 4 aromatic rings. The van der Waals surface area contributed by atoms with Crippen molar-refractivity contribution in [2.24, 2.45) is 0 Å². The number of aromatic nitrogens is 2. The molecule has 0 aliphatic carbocycles. The van der Waals surface area contributed by atoms with Crippen LogP contribution in [0.2, 0.25) is 0 Å². The average molecular weight is 483 g/mol. The highest BCUT2D eigenvalue weighted by Crippen LogP contribution is 2.31. The number of halogens is 3. The van der Waals surface area contributed by atoms with Gasteiger partial charge in [0, 0.05) is 5.69 Å². The van der Waals surface area contributed by atoms with Crippen LogP contribution in [-0.4, -0.2) is 27.5 Å². The number of hydrogen-bond acceptors (Lipinski definition) is 5. The first-order valence-electron chi connectivity index (χ1n) is 10.6. The van der Waals surface area contributed by atoms with Crippen LogP contribution >= 0.6 is 0 Å². The molecule has 180 valence electrons. The summed E-state index contributed by atoms with van der Waals surface area (Å²) in [5.41, 5.74) is 0.656. The third kappa shape index (κ3) is 5.78. The van der Waals surface area contributed by atoms with E-state index in [4.69, 9.17) is 9.47 Å². The summed E-state index contributed by atoms with van der Waals surface area (Å²) in [6.07, 6.45) is -6.01. The van der Waals surface area contributed by atoms with Crippen LogP contribution in [0.3, 0.4) is 0 Å². The predicted octanol–water partition coefficient (Wildman–Crippen LogP) is 5.42. The van der Waals surface area contributed by atoms with Gasteiger partial charge in [-0.05, 0) is 55.5 Å². The largest absolute Gasteiger partial charge is 0.457 e. The number of esters is 1. The van der Waals surface area contributed by atoms with Crippen LogP contribution in [0.1, 0.15) is 12.7 Å². The third-order valence-electron chi connectivity index (χ3n) is 4.97. The molecule has 0 radical (unpaired) electrons. The second-order valence-corrected chi connectivity index (χ2v) is 7.57. The average Bonchev–Trinajstić information content (AvgIpc) is 3.20. The van der Waals surface area contributed by atoms with Crippen LogP contribution in [0.25, 0.3) is 11.0 Å². The molecule has 35 heavy (non-hydrogen) atoms. The van der Waals surface area contributed by atoms with Gasteiger partial charge in [0.2, 0.25) is 5.82 Å². The minimum atomic E-state index is -4.77. The van der Waals surface area contributed by atoms with E-state index in [1.165, 1.54) is 25.1 Å². The predicted molar refractivity (Wildman–Crippen MR) is 122 cm³/mol. The Hall–Kier alpha value is -4.34. The summed E-state index contributed by atoms with van der Waals surface area (Å²) in [5.74, 6) is -1.65. The molecule has 0 fully saturated rings. The first-order valence-corrected chi connectivity index (χ1v) is 10.6. The quantitative estimate of drug-likeness (QED) is 0.355. The lowest BCUT2D eigenvalue weighted by Crippen LogP contribution is -2.31. The Morgan fingerprint density at radius 3 is 2.26 bits per heavy atom. The van der Waals surface area contributed by atoms with E-state index in [2.05, 4.69) is 10.3 Å². The van der Waals surface area contributed by atoms with E-state index in [-0.39, 0.29) is 11.0 Å². The number of benzene rings is 3. The van der Waals surface area contributed by atoms with E-state index >= 15 is 0 Å². The molecule has 0 bridgehead atoms. The summed E-state index contributed by atoms with van der Waals surface area (Å²) in [6.45, 7) is 0.579. The highest BCUT2D eigenvalue weighted by molar-refractivity contribution is 5.95. The van der Waals surface area contributed by atoms with E-state index in [0.29, 0.717) is 17.2 Å². The second-order valence-electron chi connectivity index (χ2n) is 7.57. The number of carbonyl (C=O) groups excluding carboxylic acids is 2. The molecule has 0 spiro atoms. The molecule has 0 aliphatic heterocycles. The zero-order valence-electron chi connectivity index (χ0n) is 18.5. The maximum absolute atomic E-state index is 13.4. The van der Waals surface area contributed by atoms with Crippen molar-refractivity contribution in [2.45, 2.75) is 25.7 Å². The van der Waals surface area contributed by atoms with E-state index < -0.39 is 36.5 Å². The van der Waals surface area contributed by atoms with Crippen molar-refractivity contribution in [2.75, 3.05) is 5.32 Å². The number of alkyl halides is 3. The SMILES string of the molecule is CC(OC(=O)Cn1c(C(F)(F)F)nc2ccccc21)C(=O)Nc1ccc(Oc2ccccc2)cc1. The van der Waals surface area contributed by atoms with Crippen molar-refractivity contribution in [1.29, 1.82) is 0 Å². The van der Waals surface area contributed by atoms with Gasteiger partial charge in [-0.25, -0.2) is 4.98 Å². The minimum absolute atomic E-state index is 0.0955. The Morgan fingerprint density at radius 1 is 0.943 bits per heavy atom. The molecule has 3 aromatic carbocycles. The lowest BCUT2D eigenvalue weighted by atomic mass is 10.2. The van der Waals surface area contributed by atoms with Crippen LogP contribution in [0.5, 0.6) is 11.5 Å². The highest BCUT2D eigenvalue weighted by atomic mass is 19.4. The Bertz CT molecular complexity index is 1340. The molecular formula is C25H20F3N3O4. The van der Waals surface area contributed by atoms with Crippen molar-refractivity contribution in [3.8, 4) is 11.5 Å². The van der Waals surface area contributed by atoms with Gasteiger partial charge >= 0.3 is 12.1 Å². The summed E-state index contributed by atoms with van der Waals surface area (Å²) in [6, 6.07) is 21.6. The molecule has 1 aromatic heterocycles. The fourth-order valence-corrected chi connectivity index (χ4v) is 3.34. The normalized spacial score (nSPS) is 12.2. The number of amides is 1. The van der Waals surface area contributed by atoms with Crippen LogP contribution < -0.4 is 10.1 Å². The van der Waals surface area contributed by atoms with Crippen LogP contribution in [-0.2, 0) is 27.0 Å². The monoisotopic (exact) mass is 483 g/mol. The topological polar surface area (TPSA) is 82.5 Å². The van der Waals surface area contributed by atoms with Crippen LogP contribution in [0, 0.1) is 0 Å². The first-order chi connectivity index (χ1) is 16.7. The number of nitrogens with zero attached hydrogens (tertiary/aromatic N) is 2. The van der Waals surface area contributed by atoms with Gasteiger partial charge in [0.1, 0.15) is 18.0 Å². The Labute approximate surface area is 198 Å². The fraction of sp³-hybridized carbons (Fsp3) is 0.160. The second kappa shape index (κ2) is 9.88. The summed E-state index contributed by atoms with van der Waals surface area (Å²) >= 11 is 0. The molecule has 0 saturated heterocycles. The van der Waals surface area contributed by atoms with Crippen molar-refractivity contribution >= 4 is 28.6 Å². The van der Waals surface area contributed by atoms with Crippen molar-refractivity contribution < 1.29 is 32.2 Å². The number of ether oxygens (including phenoxy) is 2. The molecule has 7 nitrogen and oxygen atoms in total. The van der Waals surface area contributed by atoms with Crippen LogP contribution in [0.4, 0.5) is 18.9 Å². The minimum Gasteiger partial charge on any atom is -0.457 e. The van der Waals surface area contributed by atoms with Crippen molar-refractivity contribution in [1.82, 2.24) is 9.55 Å². The number of hydrogen-bond donors (Lipinski definition) is 1. The molecule has 1 amide bonds. The molecule has 10 heteroatoms. The Kier molecular flexibility index (Phi) is 6.72. The molecule has 0 aliphatic rings. The number of rotatable bonds is 7. The number of fused-ring (bicyclic) bond motifs is 1. The van der Waals surface area contributed by atoms with Gasteiger partial charge in [-0.15, -0.1) is 0 Å². The number of anilines is 1. The van der Waals surface area contributed by atoms with Gasteiger partial charge in [-0.3, -0.25) is 9.59 Å². The van der Waals surface area contributed by atoms with Crippen molar-refractivity contribution in [3.05, 3.63) is 84.7 Å². The number of para-hydroxylation sites is 3. The maximum atomic E-state index is 13.4. The molecule has 0 saturated carbocycles. The summed E-state index contributed by atoms with van der Waals surface area (Å²) in [4.78, 5) is 28.4. The van der Waals surface area contributed by atoms with Crippen LogP contribution in [0.15, 0.2) is 78.9 Å². The lowest BCUT2D eigenvalue weighted by Gasteiger charge is -2.15. The van der Waals surface area contributed by atoms with Crippen molar-refractivity contribution in [3.63, 3.8) is 0 Å². The standard InChI is InChI=1S/C25H20F3N3O4/c1-16(23(33)29-17-11-13-19(14-12-17)35-18-7-3-2-4-8-18)34-22(32)15-31-21-10-6-5-9-20(21)30-24(31)25(26,27)28/h2-14,16H,15H2,1H3,(H,29,33). The molecular weight excluding hydrogens is 463 g/mol. The van der Waals surface area contributed by atoms with Gasteiger partial charge in [0.25, 0.3) is 5.91 Å². The summed E-state index contributed by atoms with van der Waals surface area (Å²) in [7, 11) is 0. The molecule has 4 rings (SSSR count). The zero-order chi connectivity index (χ0) is 25.0. The maximum Gasteiger partial charge on any atom is 0.449 e. The molecule has 1 atom stereocenters. The molecule has 1 N–H and O–H groups in total. The van der Waals surface area contributed by atoms with Gasteiger partial charge < -0.3 is 19.4 Å². The van der Waals surface area contributed by atoms with E-state index in [0.717, 1.165) is 4.57 Å². The van der Waals surface area contributed by atoms with Gasteiger partial charge in [0.05, 0.1) is 11.0 Å². The van der Waals surface area contributed by atoms with Gasteiger partial charge in [-0.1, -0.05) is 30.3 Å². The zero-order valence-corrected chi connectivity index (χ0v) is 18.5. The third-order valence-corrected chi connectivity index (χ3v) is 4.97. The lowest BCUT2D eigenvalue weighted by molar-refractivity contribution is -0.156. The van der Waals surface area contributed by atoms with E-state index in [9.17, 15) is 22.8 Å². The smallest absolute Gasteiger partial charge is 0.449 e. The van der Waals surface area contributed by atoms with E-state index in [1.54, 1.807) is 42.5 Å². The van der Waals surface area contributed by atoms with E-state index in [1.807, 2.05) is 18.2 Å². The summed E-state index contributed by atoms with van der Waals surface area (Å²) in [5, 5.41) is 2.59. The highest BCUT2D eigenvalue weighted by Gasteiger charge is 2.38. The Morgan fingerprint density at radius 2 is 1.57 bits per heavy atom. The Balaban J connectivity index is 1.37. The number of imidazole rings is 1. The van der Waals surface area contributed by atoms with Gasteiger partial charge in [-0.2, -0.15) is 13.2 Å². The molecule has 1 unspecified atom stereocenters.